The Morgan fingerprint density at radius 3 is 1.96 bits per heavy atom. The third kappa shape index (κ3) is 8.60. The summed E-state index contributed by atoms with van der Waals surface area (Å²) in [6, 6.07) is 0. The number of aromatic nitrogens is 2. The number of methoxy groups -OCH3 is 2. The molecule has 0 atom stereocenters. The number of rotatable bonds is 3. The topological polar surface area (TPSA) is 87.5 Å². The zero-order valence-electron chi connectivity index (χ0n) is 14.6. The Morgan fingerprint density at radius 2 is 1.59 bits per heavy atom. The first-order valence-corrected chi connectivity index (χ1v) is 26.5. The molecule has 0 saturated carbocycles. The summed E-state index contributed by atoms with van der Waals surface area (Å²) in [4.78, 5) is 25.6. The number of carbonyl (C=O) groups excluding carboxylic acids is 2. The minimum atomic E-state index is -5.42. The number of ether oxygens (including phenoxy) is 2. The fourth-order valence-corrected chi connectivity index (χ4v) is 2.22. The van der Waals surface area contributed by atoms with Gasteiger partial charge in [0.15, 0.2) is 11.4 Å². The minimum absolute atomic E-state index is 0.00412. The van der Waals surface area contributed by atoms with Crippen LogP contribution in [-0.2, 0) is 9.47 Å². The van der Waals surface area contributed by atoms with Gasteiger partial charge in [0.2, 0.25) is 0 Å². The average Bonchev–Trinajstić information content (AvgIpc) is 3.06. The second kappa shape index (κ2) is 8.13. The van der Waals surface area contributed by atoms with Crippen LogP contribution in [0.5, 0.6) is 0 Å². The van der Waals surface area contributed by atoms with E-state index in [1.807, 2.05) is 23.6 Å². The van der Waals surface area contributed by atoms with Crippen LogP contribution in [0.2, 0.25) is 0 Å². The molecule has 8 nitrogen and oxygen atoms in total. The molecule has 0 amide bonds. The zero-order valence-corrected chi connectivity index (χ0v) is 21.7. The van der Waals surface area contributed by atoms with Gasteiger partial charge >= 0.3 is 79.9 Å². The predicted molar refractivity (Wildman–Crippen MR) is 110 cm³/mol. The van der Waals surface area contributed by atoms with E-state index >= 15 is 0 Å². The van der Waals surface area contributed by atoms with Gasteiger partial charge in [0.05, 0.1) is 28.3 Å². The van der Waals surface area contributed by atoms with E-state index in [9.17, 15) is 9.59 Å². The Labute approximate surface area is 175 Å². The van der Waals surface area contributed by atoms with E-state index in [2.05, 4.69) is 14.9 Å². The number of hydrogen-bond donors (Lipinski definition) is 1. The van der Waals surface area contributed by atoms with Crippen LogP contribution in [0.4, 0.5) is 0 Å². The molecule has 0 aromatic carbocycles. The molecule has 0 aliphatic carbocycles. The summed E-state index contributed by atoms with van der Waals surface area (Å²) < 4.78 is 11.4. The van der Waals surface area contributed by atoms with Gasteiger partial charge in [-0.1, -0.05) is 0 Å². The monoisotopic (exact) mass is 612 g/mol. The Hall–Kier alpha value is 0.178. The second-order valence-electron chi connectivity index (χ2n) is 5.43. The first kappa shape index (κ1) is 25.2. The summed E-state index contributed by atoms with van der Waals surface area (Å²) in [5, 5.41) is 6.65. The number of likely N-dealkylation sites (N-methyl/N-ethyl adjacent to an activating group) is 2. The van der Waals surface area contributed by atoms with Gasteiger partial charge in [-0.25, -0.2) is 9.59 Å². The quantitative estimate of drug-likeness (QED) is 0.320. The molecule has 15 heteroatoms. The standard InChI is InChI=1S/C12H16N4O4.6ClH.Sb/c1-15-5-6-16(2)10(15)8-7(11(17)19-3)9(14-13-8)12(18)20-4;;;;;;;/h5-6H2,1-4H3;6*1H;/q;;;;;;;+5/p-5. The summed E-state index contributed by atoms with van der Waals surface area (Å²) in [6.07, 6.45) is 0. The van der Waals surface area contributed by atoms with Crippen LogP contribution in [0, 0.1) is 0 Å². The Bertz CT molecular complexity index is 778. The van der Waals surface area contributed by atoms with Gasteiger partial charge in [0.1, 0.15) is 18.7 Å². The van der Waals surface area contributed by atoms with E-state index in [1.165, 1.54) is 14.2 Å². The second-order valence-corrected chi connectivity index (χ2v) is 62.3. The molecular formula is C12H17Cl6N4O4Sb. The van der Waals surface area contributed by atoms with Crippen molar-refractivity contribution in [2.45, 2.75) is 0 Å². The van der Waals surface area contributed by atoms with Crippen LogP contribution < -0.4 is 0 Å². The molecule has 1 aromatic rings. The molecule has 2 rings (SSSR count). The van der Waals surface area contributed by atoms with Crippen molar-refractivity contribution in [3.63, 3.8) is 0 Å². The van der Waals surface area contributed by atoms with Crippen molar-refractivity contribution in [1.82, 2.24) is 15.1 Å². The number of carbonyl (C=O) groups is 2. The molecule has 0 spiro atoms. The molecule has 0 saturated heterocycles. The van der Waals surface area contributed by atoms with Crippen molar-refractivity contribution in [1.29, 1.82) is 0 Å². The molecule has 0 fully saturated rings. The maximum absolute atomic E-state index is 12.0. The SMILES string of the molecule is COC(=O)c1[nH]nc(C2=[N+](C)CCN2C)c1C(=O)OC.[Cl][Sb-]([Cl])([Cl])([Cl])([Cl])[Cl]. The van der Waals surface area contributed by atoms with E-state index in [4.69, 9.17) is 57.7 Å². The van der Waals surface area contributed by atoms with E-state index in [0.717, 1.165) is 18.9 Å². The van der Waals surface area contributed by atoms with E-state index in [0.29, 0.717) is 5.69 Å². The number of aromatic amines is 1. The molecule has 1 aliphatic heterocycles. The van der Waals surface area contributed by atoms with Crippen LogP contribution >= 0.6 is 53.0 Å². The number of H-pyrrole nitrogens is 1. The Balaban J connectivity index is 0.000000445. The van der Waals surface area contributed by atoms with Gasteiger partial charge in [0.25, 0.3) is 0 Å². The zero-order chi connectivity index (χ0) is 21.3. The number of hydrogen-bond acceptors (Lipinski definition) is 6. The van der Waals surface area contributed by atoms with Crippen LogP contribution in [0.1, 0.15) is 26.5 Å². The Morgan fingerprint density at radius 1 is 1.11 bits per heavy atom. The fraction of sp³-hybridized carbons (Fsp3) is 0.500. The van der Waals surface area contributed by atoms with Crippen molar-refractivity contribution in [2.24, 2.45) is 0 Å². The molecule has 1 aliphatic rings. The van der Waals surface area contributed by atoms with Gasteiger partial charge in [-0.15, -0.1) is 0 Å². The van der Waals surface area contributed by atoms with Crippen LogP contribution in [0.15, 0.2) is 0 Å². The van der Waals surface area contributed by atoms with E-state index in [-0.39, 0.29) is 11.3 Å². The maximum atomic E-state index is 12.0. The summed E-state index contributed by atoms with van der Waals surface area (Å²) in [7, 11) is 31.3. The van der Waals surface area contributed by atoms with Gasteiger partial charge in [0, 0.05) is 0 Å². The van der Waals surface area contributed by atoms with Crippen molar-refractivity contribution < 1.29 is 23.6 Å². The molecule has 0 radical (unpaired) electrons. The molecular weight excluding hydrogens is 599 g/mol. The van der Waals surface area contributed by atoms with Gasteiger partial charge in [-0.05, 0) is 0 Å². The third-order valence-corrected chi connectivity index (χ3v) is 3.25. The number of nitrogens with zero attached hydrogens (tertiary/aromatic N) is 3. The van der Waals surface area contributed by atoms with Crippen molar-refractivity contribution >= 4 is 79.9 Å². The molecule has 1 N–H and O–H groups in total. The molecule has 156 valence electrons. The predicted octanol–water partition coefficient (Wildman–Crippen LogP) is 3.07. The van der Waals surface area contributed by atoms with Gasteiger partial charge < -0.3 is 9.47 Å². The van der Waals surface area contributed by atoms with Crippen LogP contribution in [0.25, 0.3) is 0 Å². The molecule has 27 heavy (non-hydrogen) atoms. The van der Waals surface area contributed by atoms with Gasteiger partial charge in [-0.3, -0.25) is 14.6 Å². The average molecular weight is 616 g/mol. The summed E-state index contributed by atoms with van der Waals surface area (Å²) in [5.74, 6) is -0.528. The number of halogens is 6. The summed E-state index contributed by atoms with van der Waals surface area (Å²) in [5.41, 5.74) is 0.477. The van der Waals surface area contributed by atoms with Crippen LogP contribution in [-0.4, -0.2) is 88.0 Å². The van der Waals surface area contributed by atoms with Crippen molar-refractivity contribution in [2.75, 3.05) is 41.4 Å². The van der Waals surface area contributed by atoms with E-state index in [1.54, 1.807) is 0 Å². The van der Waals surface area contributed by atoms with Crippen molar-refractivity contribution in [3.05, 3.63) is 17.0 Å². The first-order valence-electron chi connectivity index (χ1n) is 7.07. The third-order valence-electron chi connectivity index (χ3n) is 3.25. The molecule has 0 bridgehead atoms. The number of nitrogens with one attached hydrogen (secondary N) is 1. The van der Waals surface area contributed by atoms with Crippen LogP contribution in [0.3, 0.4) is 0 Å². The number of esters is 2. The normalized spacial score (nSPS) is 16.9. The Kier molecular flexibility index (Phi) is 7.59. The first-order chi connectivity index (χ1) is 12.0. The van der Waals surface area contributed by atoms with E-state index < -0.39 is 21.1 Å². The van der Waals surface area contributed by atoms with Crippen molar-refractivity contribution in [3.8, 4) is 0 Å². The summed E-state index contributed by atoms with van der Waals surface area (Å²) >= 11 is 0. The fourth-order valence-electron chi connectivity index (χ4n) is 2.22. The van der Waals surface area contributed by atoms with Gasteiger partial charge in [-0.2, -0.15) is 5.10 Å². The molecule has 2 heterocycles. The number of amidine groups is 1. The molecule has 0 unspecified atom stereocenters. The summed E-state index contributed by atoms with van der Waals surface area (Å²) in [6.45, 7) is 1.62. The molecule has 1 aromatic heterocycles.